The van der Waals surface area contributed by atoms with E-state index >= 15 is 0 Å². The maximum absolute atomic E-state index is 13.8. The summed E-state index contributed by atoms with van der Waals surface area (Å²) in [5, 5.41) is 3.07. The van der Waals surface area contributed by atoms with E-state index in [0.29, 0.717) is 18.7 Å². The van der Waals surface area contributed by atoms with Gasteiger partial charge in [-0.15, -0.1) is 0 Å². The van der Waals surface area contributed by atoms with E-state index in [1.807, 2.05) is 0 Å². The Balaban J connectivity index is 1.30. The molecule has 29 heavy (non-hydrogen) atoms. The number of likely N-dealkylation sites (tertiary alicyclic amines) is 1. The maximum atomic E-state index is 13.8. The van der Waals surface area contributed by atoms with Crippen LogP contribution in [-0.4, -0.2) is 35.8 Å². The first-order valence-electron chi connectivity index (χ1n) is 9.65. The Morgan fingerprint density at radius 1 is 1.14 bits per heavy atom. The second kappa shape index (κ2) is 7.75. The van der Waals surface area contributed by atoms with Gasteiger partial charge in [-0.2, -0.15) is 0 Å². The normalized spacial score (nSPS) is 19.8. The van der Waals surface area contributed by atoms with Gasteiger partial charge in [0.1, 0.15) is 11.6 Å². The van der Waals surface area contributed by atoms with Crippen LogP contribution in [0, 0.1) is 17.0 Å². The molecule has 1 saturated carbocycles. The van der Waals surface area contributed by atoms with E-state index < -0.39 is 5.82 Å². The Bertz CT molecular complexity index is 958. The van der Waals surface area contributed by atoms with Crippen LogP contribution in [0.25, 0.3) is 0 Å². The van der Waals surface area contributed by atoms with Crippen molar-refractivity contribution in [2.75, 3.05) is 13.1 Å². The Labute approximate surface area is 172 Å². The van der Waals surface area contributed by atoms with E-state index in [4.69, 9.17) is 11.6 Å². The largest absolute Gasteiger partial charge is 0.349 e. The second-order valence-electron chi connectivity index (χ2n) is 7.87. The van der Waals surface area contributed by atoms with Crippen LogP contribution in [0.3, 0.4) is 0 Å². The van der Waals surface area contributed by atoms with E-state index in [0.717, 1.165) is 25.3 Å². The van der Waals surface area contributed by atoms with Gasteiger partial charge in [0.05, 0.1) is 17.0 Å². The van der Waals surface area contributed by atoms with Crippen molar-refractivity contribution in [3.8, 4) is 0 Å². The molecular formula is C22H21ClF2N2O2. The molecule has 1 unspecified atom stereocenters. The number of hydrogen-bond donors (Lipinski definition) is 1. The fourth-order valence-corrected chi connectivity index (χ4v) is 4.38. The van der Waals surface area contributed by atoms with Crippen molar-refractivity contribution in [1.82, 2.24) is 10.2 Å². The number of piperidine rings is 1. The highest BCUT2D eigenvalue weighted by Crippen LogP contribution is 2.54. The van der Waals surface area contributed by atoms with Crippen molar-refractivity contribution >= 4 is 23.4 Å². The van der Waals surface area contributed by atoms with Gasteiger partial charge in [-0.3, -0.25) is 9.59 Å². The molecule has 1 aliphatic heterocycles. The van der Waals surface area contributed by atoms with E-state index in [1.54, 1.807) is 23.1 Å². The molecule has 1 spiro atoms. The van der Waals surface area contributed by atoms with E-state index in [1.165, 1.54) is 18.2 Å². The molecule has 4 rings (SSSR count). The first kappa shape index (κ1) is 19.8. The molecule has 7 heteroatoms. The highest BCUT2D eigenvalue weighted by Gasteiger charge is 2.56. The van der Waals surface area contributed by atoms with Crippen LogP contribution in [0.4, 0.5) is 8.78 Å². The molecule has 0 aromatic heterocycles. The number of hydrogen-bond acceptors (Lipinski definition) is 2. The molecule has 0 radical (unpaired) electrons. The van der Waals surface area contributed by atoms with Crippen LogP contribution in [-0.2, 0) is 11.2 Å². The molecule has 2 fully saturated rings. The monoisotopic (exact) mass is 418 g/mol. The topological polar surface area (TPSA) is 49.4 Å². The number of halogens is 3. The van der Waals surface area contributed by atoms with Crippen LogP contribution in [0.15, 0.2) is 42.5 Å². The lowest BCUT2D eigenvalue weighted by Crippen LogP contribution is -2.42. The Kier molecular flexibility index (Phi) is 5.30. The fraction of sp³-hybridized carbons (Fsp3) is 0.364. The molecule has 2 aromatic carbocycles. The average Bonchev–Trinajstić information content (AvgIpc) is 3.34. The summed E-state index contributed by atoms with van der Waals surface area (Å²) in [4.78, 5) is 26.7. The fourth-order valence-electron chi connectivity index (χ4n) is 4.13. The summed E-state index contributed by atoms with van der Waals surface area (Å²) in [7, 11) is 0. The Morgan fingerprint density at radius 2 is 1.86 bits per heavy atom. The van der Waals surface area contributed by atoms with E-state index in [-0.39, 0.29) is 46.1 Å². The third kappa shape index (κ3) is 4.13. The summed E-state index contributed by atoms with van der Waals surface area (Å²) in [5.74, 6) is -1.24. The number of rotatable bonds is 4. The number of nitrogens with one attached hydrogen (secondary N) is 1. The SMILES string of the molecule is O=C(NC1CC12CCN(C(=O)Cc1ccccc1F)CC2)c1ccc(F)cc1Cl. The van der Waals surface area contributed by atoms with Crippen molar-refractivity contribution in [2.45, 2.75) is 31.7 Å². The zero-order valence-electron chi connectivity index (χ0n) is 15.8. The zero-order valence-corrected chi connectivity index (χ0v) is 16.5. The van der Waals surface area contributed by atoms with Crippen molar-refractivity contribution < 1.29 is 18.4 Å². The van der Waals surface area contributed by atoms with Crippen molar-refractivity contribution in [1.29, 1.82) is 0 Å². The number of amides is 2. The minimum Gasteiger partial charge on any atom is -0.349 e. The van der Waals surface area contributed by atoms with Gasteiger partial charge < -0.3 is 10.2 Å². The maximum Gasteiger partial charge on any atom is 0.253 e. The van der Waals surface area contributed by atoms with Crippen LogP contribution in [0.2, 0.25) is 5.02 Å². The van der Waals surface area contributed by atoms with Gasteiger partial charge in [0.2, 0.25) is 5.91 Å². The highest BCUT2D eigenvalue weighted by atomic mass is 35.5. The minimum atomic E-state index is -0.484. The average molecular weight is 419 g/mol. The van der Waals surface area contributed by atoms with Gasteiger partial charge in [0.15, 0.2) is 0 Å². The van der Waals surface area contributed by atoms with Crippen molar-refractivity contribution in [2.24, 2.45) is 5.41 Å². The van der Waals surface area contributed by atoms with Crippen molar-refractivity contribution in [3.05, 3.63) is 70.2 Å². The summed E-state index contributed by atoms with van der Waals surface area (Å²) in [6.45, 7) is 1.19. The zero-order chi connectivity index (χ0) is 20.6. The van der Waals surface area contributed by atoms with Gasteiger partial charge >= 0.3 is 0 Å². The Hall–Kier alpha value is -2.47. The lowest BCUT2D eigenvalue weighted by atomic mass is 9.92. The smallest absolute Gasteiger partial charge is 0.253 e. The quantitative estimate of drug-likeness (QED) is 0.816. The van der Waals surface area contributed by atoms with Gasteiger partial charge in [0.25, 0.3) is 5.91 Å². The molecule has 1 saturated heterocycles. The van der Waals surface area contributed by atoms with E-state index in [2.05, 4.69) is 5.32 Å². The van der Waals surface area contributed by atoms with Crippen LogP contribution < -0.4 is 5.32 Å². The number of nitrogens with zero attached hydrogens (tertiary/aromatic N) is 1. The first-order chi connectivity index (χ1) is 13.9. The minimum absolute atomic E-state index is 0.00303. The predicted octanol–water partition coefficient (Wildman–Crippen LogP) is 3.97. The molecule has 4 nitrogen and oxygen atoms in total. The molecule has 1 aliphatic carbocycles. The Morgan fingerprint density at radius 3 is 2.55 bits per heavy atom. The van der Waals surface area contributed by atoms with E-state index in [9.17, 15) is 18.4 Å². The lowest BCUT2D eigenvalue weighted by Gasteiger charge is -2.33. The van der Waals surface area contributed by atoms with Gasteiger partial charge in [0, 0.05) is 19.1 Å². The second-order valence-corrected chi connectivity index (χ2v) is 8.27. The number of carbonyl (C=O) groups excluding carboxylic acids is 2. The van der Waals surface area contributed by atoms with Crippen LogP contribution >= 0.6 is 11.6 Å². The van der Waals surface area contributed by atoms with Crippen LogP contribution in [0.1, 0.15) is 35.2 Å². The first-order valence-corrected chi connectivity index (χ1v) is 10.0. The lowest BCUT2D eigenvalue weighted by molar-refractivity contribution is -0.132. The summed E-state index contributed by atoms with van der Waals surface area (Å²) in [5.41, 5.74) is 0.662. The van der Waals surface area contributed by atoms with Gasteiger partial charge in [-0.05, 0) is 54.5 Å². The standard InChI is InChI=1S/C22H21ClF2N2O2/c23-17-12-15(24)5-6-16(17)21(29)26-19-13-22(19)7-9-27(10-8-22)20(28)11-14-3-1-2-4-18(14)25/h1-6,12,19H,7-11,13H2,(H,26,29). The number of carbonyl (C=O) groups is 2. The molecule has 152 valence electrons. The summed E-state index contributed by atoms with van der Waals surface area (Å²) >= 11 is 5.97. The molecule has 2 amide bonds. The molecule has 2 aromatic rings. The molecule has 0 bridgehead atoms. The molecular weight excluding hydrogens is 398 g/mol. The molecule has 2 aliphatic rings. The molecule has 1 N–H and O–H groups in total. The van der Waals surface area contributed by atoms with Gasteiger partial charge in [-0.25, -0.2) is 8.78 Å². The summed E-state index contributed by atoms with van der Waals surface area (Å²) in [6, 6.07) is 10.1. The third-order valence-corrected chi connectivity index (χ3v) is 6.39. The predicted molar refractivity (Wildman–Crippen MR) is 106 cm³/mol. The molecule has 1 heterocycles. The number of benzene rings is 2. The van der Waals surface area contributed by atoms with Crippen LogP contribution in [0.5, 0.6) is 0 Å². The van der Waals surface area contributed by atoms with Crippen molar-refractivity contribution in [3.63, 3.8) is 0 Å². The summed E-state index contributed by atoms with van der Waals surface area (Å²) < 4.78 is 26.9. The molecule has 1 atom stereocenters. The third-order valence-electron chi connectivity index (χ3n) is 6.08. The van der Waals surface area contributed by atoms with Gasteiger partial charge in [-0.1, -0.05) is 29.8 Å². The highest BCUT2D eigenvalue weighted by molar-refractivity contribution is 6.33. The summed E-state index contributed by atoms with van der Waals surface area (Å²) in [6.07, 6.45) is 2.49.